The standard InChI is InChI=1S/C18H22ClN3O3/c1-11(2)15-9-16(22(3)21-15)18(25)20-10-13(8-17(23)24)12-4-6-14(19)7-5-12/h4-7,9,11,13H,8,10H2,1-3H3,(H,20,25)(H,23,24). The summed E-state index contributed by atoms with van der Waals surface area (Å²) < 4.78 is 1.54. The van der Waals surface area contributed by atoms with Crippen LogP contribution in [0.4, 0.5) is 0 Å². The van der Waals surface area contributed by atoms with Gasteiger partial charge in [-0.1, -0.05) is 37.6 Å². The van der Waals surface area contributed by atoms with Gasteiger partial charge in [0.2, 0.25) is 0 Å². The number of aromatic nitrogens is 2. The number of carboxylic acid groups (broad SMARTS) is 1. The average Bonchev–Trinajstić information content (AvgIpc) is 2.94. The van der Waals surface area contributed by atoms with Crippen molar-refractivity contribution in [3.8, 4) is 0 Å². The van der Waals surface area contributed by atoms with Gasteiger partial charge >= 0.3 is 5.97 Å². The number of rotatable bonds is 7. The number of nitrogens with zero attached hydrogens (tertiary/aromatic N) is 2. The molecule has 2 N–H and O–H groups in total. The molecule has 0 spiro atoms. The maximum Gasteiger partial charge on any atom is 0.304 e. The second kappa shape index (κ2) is 8.16. The quantitative estimate of drug-likeness (QED) is 0.791. The van der Waals surface area contributed by atoms with E-state index in [9.17, 15) is 9.59 Å². The Morgan fingerprint density at radius 2 is 1.92 bits per heavy atom. The van der Waals surface area contributed by atoms with Gasteiger partial charge in [0.05, 0.1) is 12.1 Å². The molecule has 1 unspecified atom stereocenters. The first-order valence-electron chi connectivity index (χ1n) is 8.07. The van der Waals surface area contributed by atoms with Crippen molar-refractivity contribution in [1.82, 2.24) is 15.1 Å². The van der Waals surface area contributed by atoms with Gasteiger partial charge in [-0.3, -0.25) is 14.3 Å². The van der Waals surface area contributed by atoms with Crippen molar-refractivity contribution in [1.29, 1.82) is 0 Å². The Hall–Kier alpha value is -2.34. The smallest absolute Gasteiger partial charge is 0.304 e. The van der Waals surface area contributed by atoms with E-state index in [1.54, 1.807) is 42.1 Å². The number of nitrogens with one attached hydrogen (secondary N) is 1. The Labute approximate surface area is 151 Å². The summed E-state index contributed by atoms with van der Waals surface area (Å²) in [7, 11) is 1.72. The lowest BCUT2D eigenvalue weighted by Crippen LogP contribution is -2.30. The number of hydrogen-bond acceptors (Lipinski definition) is 3. The van der Waals surface area contributed by atoms with E-state index in [1.807, 2.05) is 13.8 Å². The molecule has 0 radical (unpaired) electrons. The summed E-state index contributed by atoms with van der Waals surface area (Å²) in [6.07, 6.45) is -0.0788. The van der Waals surface area contributed by atoms with Crippen LogP contribution in [0.1, 0.15) is 53.8 Å². The third kappa shape index (κ3) is 5.06. The maximum absolute atomic E-state index is 12.4. The van der Waals surface area contributed by atoms with Crippen LogP contribution >= 0.6 is 11.6 Å². The molecule has 0 aliphatic carbocycles. The summed E-state index contributed by atoms with van der Waals surface area (Å²) in [6, 6.07) is 8.74. The van der Waals surface area contributed by atoms with Crippen LogP contribution in [0.3, 0.4) is 0 Å². The fraction of sp³-hybridized carbons (Fsp3) is 0.389. The lowest BCUT2D eigenvalue weighted by molar-refractivity contribution is -0.137. The summed E-state index contributed by atoms with van der Waals surface area (Å²) in [5.74, 6) is -1.30. The number of amides is 1. The van der Waals surface area contributed by atoms with Gasteiger partial charge in [-0.2, -0.15) is 5.10 Å². The van der Waals surface area contributed by atoms with E-state index < -0.39 is 5.97 Å². The molecule has 1 aromatic carbocycles. The highest BCUT2D eigenvalue weighted by Crippen LogP contribution is 2.21. The Balaban J connectivity index is 2.10. The SMILES string of the molecule is CC(C)c1cc(C(=O)NCC(CC(=O)O)c2ccc(Cl)cc2)n(C)n1. The van der Waals surface area contributed by atoms with E-state index in [0.29, 0.717) is 10.7 Å². The molecule has 0 saturated carbocycles. The largest absolute Gasteiger partial charge is 0.481 e. The first kappa shape index (κ1) is 19.0. The summed E-state index contributed by atoms with van der Waals surface area (Å²) in [5, 5.41) is 16.9. The van der Waals surface area contributed by atoms with Crippen molar-refractivity contribution in [2.24, 2.45) is 7.05 Å². The second-order valence-electron chi connectivity index (χ2n) is 6.29. The maximum atomic E-state index is 12.4. The van der Waals surface area contributed by atoms with Crippen molar-refractivity contribution in [3.63, 3.8) is 0 Å². The first-order valence-corrected chi connectivity index (χ1v) is 8.45. The minimum absolute atomic E-state index is 0.0788. The molecule has 25 heavy (non-hydrogen) atoms. The van der Waals surface area contributed by atoms with Crippen molar-refractivity contribution < 1.29 is 14.7 Å². The highest BCUT2D eigenvalue weighted by atomic mass is 35.5. The zero-order valence-corrected chi connectivity index (χ0v) is 15.2. The number of hydrogen-bond donors (Lipinski definition) is 2. The predicted octanol–water partition coefficient (Wildman–Crippen LogP) is 3.19. The third-order valence-electron chi connectivity index (χ3n) is 3.99. The van der Waals surface area contributed by atoms with Gasteiger partial charge in [0, 0.05) is 24.5 Å². The number of aliphatic carboxylic acids is 1. The Morgan fingerprint density at radius 1 is 1.28 bits per heavy atom. The van der Waals surface area contributed by atoms with E-state index in [1.165, 1.54) is 0 Å². The molecule has 0 aliphatic rings. The highest BCUT2D eigenvalue weighted by Gasteiger charge is 2.19. The van der Waals surface area contributed by atoms with Crippen molar-refractivity contribution in [2.75, 3.05) is 6.54 Å². The highest BCUT2D eigenvalue weighted by molar-refractivity contribution is 6.30. The molecule has 0 saturated heterocycles. The molecular formula is C18H22ClN3O3. The summed E-state index contributed by atoms with van der Waals surface area (Å²) in [4.78, 5) is 23.6. The lowest BCUT2D eigenvalue weighted by Gasteiger charge is -2.16. The van der Waals surface area contributed by atoms with E-state index in [0.717, 1.165) is 11.3 Å². The normalized spacial score (nSPS) is 12.2. The minimum atomic E-state index is -0.920. The van der Waals surface area contributed by atoms with Crippen LogP contribution in [-0.2, 0) is 11.8 Å². The lowest BCUT2D eigenvalue weighted by atomic mass is 9.95. The Morgan fingerprint density at radius 3 is 2.44 bits per heavy atom. The van der Waals surface area contributed by atoms with Crippen molar-refractivity contribution in [3.05, 3.63) is 52.3 Å². The van der Waals surface area contributed by atoms with Crippen LogP contribution < -0.4 is 5.32 Å². The average molecular weight is 364 g/mol. The first-order chi connectivity index (χ1) is 11.8. The van der Waals surface area contributed by atoms with E-state index in [2.05, 4.69) is 10.4 Å². The minimum Gasteiger partial charge on any atom is -0.481 e. The van der Waals surface area contributed by atoms with Crippen LogP contribution in [-0.4, -0.2) is 33.3 Å². The molecule has 134 valence electrons. The molecule has 1 amide bonds. The number of halogens is 1. The zero-order chi connectivity index (χ0) is 18.6. The number of carbonyl (C=O) groups is 2. The van der Waals surface area contributed by atoms with Crippen LogP contribution in [0.5, 0.6) is 0 Å². The van der Waals surface area contributed by atoms with Crippen LogP contribution in [0.25, 0.3) is 0 Å². The van der Waals surface area contributed by atoms with E-state index in [4.69, 9.17) is 16.7 Å². The van der Waals surface area contributed by atoms with E-state index >= 15 is 0 Å². The number of benzene rings is 1. The van der Waals surface area contributed by atoms with Crippen LogP contribution in [0, 0.1) is 0 Å². The molecule has 7 heteroatoms. The molecule has 1 heterocycles. The van der Waals surface area contributed by atoms with Crippen LogP contribution in [0.2, 0.25) is 5.02 Å². The van der Waals surface area contributed by atoms with Crippen molar-refractivity contribution in [2.45, 2.75) is 32.1 Å². The molecule has 0 aliphatic heterocycles. The fourth-order valence-corrected chi connectivity index (χ4v) is 2.67. The fourth-order valence-electron chi connectivity index (χ4n) is 2.54. The van der Waals surface area contributed by atoms with Gasteiger partial charge in [-0.25, -0.2) is 0 Å². The Kier molecular flexibility index (Phi) is 6.20. The van der Waals surface area contributed by atoms with Crippen LogP contribution in [0.15, 0.2) is 30.3 Å². The molecule has 1 atom stereocenters. The summed E-state index contributed by atoms with van der Waals surface area (Å²) >= 11 is 5.88. The monoisotopic (exact) mass is 363 g/mol. The predicted molar refractivity (Wildman–Crippen MR) is 96.1 cm³/mol. The number of carboxylic acids is 1. The van der Waals surface area contributed by atoms with Gasteiger partial charge in [0.1, 0.15) is 5.69 Å². The summed E-state index contributed by atoms with van der Waals surface area (Å²) in [6.45, 7) is 4.23. The molecule has 0 fully saturated rings. The molecular weight excluding hydrogens is 342 g/mol. The number of carbonyl (C=O) groups excluding carboxylic acids is 1. The number of aryl methyl sites for hydroxylation is 1. The zero-order valence-electron chi connectivity index (χ0n) is 14.5. The molecule has 0 bridgehead atoms. The van der Waals surface area contributed by atoms with Gasteiger partial charge in [-0.05, 0) is 29.7 Å². The van der Waals surface area contributed by atoms with Gasteiger partial charge < -0.3 is 10.4 Å². The second-order valence-corrected chi connectivity index (χ2v) is 6.73. The topological polar surface area (TPSA) is 84.2 Å². The molecule has 2 rings (SSSR count). The molecule has 6 nitrogen and oxygen atoms in total. The van der Waals surface area contributed by atoms with E-state index in [-0.39, 0.29) is 30.7 Å². The molecule has 1 aromatic heterocycles. The summed E-state index contributed by atoms with van der Waals surface area (Å²) in [5.41, 5.74) is 2.11. The third-order valence-corrected chi connectivity index (χ3v) is 4.25. The molecule has 2 aromatic rings. The van der Waals surface area contributed by atoms with Gasteiger partial charge in [0.25, 0.3) is 5.91 Å². The van der Waals surface area contributed by atoms with Gasteiger partial charge in [0.15, 0.2) is 0 Å². The Bertz CT molecular complexity index is 753. The van der Waals surface area contributed by atoms with Crippen molar-refractivity contribution >= 4 is 23.5 Å². The van der Waals surface area contributed by atoms with Gasteiger partial charge in [-0.15, -0.1) is 0 Å².